The van der Waals surface area contributed by atoms with Crippen LogP contribution in [-0.2, 0) is 16.1 Å². The number of likely N-dealkylation sites (tertiary alicyclic amines) is 2. The Bertz CT molecular complexity index is 623. The number of aryl methyl sites for hydroxylation is 2. The molecule has 0 saturated carbocycles. The lowest BCUT2D eigenvalue weighted by molar-refractivity contribution is -0.128. The SMILES string of the molecule is Cc1noc(C)c1CN1CC2(CCN(C[C@@H]3CCCCO3)CC2)CC1=O. The van der Waals surface area contributed by atoms with Crippen LogP contribution in [0.1, 0.15) is 55.5 Å². The zero-order valence-corrected chi connectivity index (χ0v) is 16.1. The first-order valence-corrected chi connectivity index (χ1v) is 10.1. The highest BCUT2D eigenvalue weighted by Gasteiger charge is 2.45. The van der Waals surface area contributed by atoms with Crippen molar-refractivity contribution in [2.24, 2.45) is 5.41 Å². The highest BCUT2D eigenvalue weighted by Crippen LogP contribution is 2.41. The topological polar surface area (TPSA) is 58.8 Å². The molecule has 1 aromatic heterocycles. The summed E-state index contributed by atoms with van der Waals surface area (Å²) < 4.78 is 11.2. The largest absolute Gasteiger partial charge is 0.377 e. The molecular weight excluding hydrogens is 330 g/mol. The molecule has 3 saturated heterocycles. The Balaban J connectivity index is 1.32. The molecule has 1 aromatic rings. The van der Waals surface area contributed by atoms with E-state index >= 15 is 0 Å². The number of carbonyl (C=O) groups excluding carboxylic acids is 1. The first kappa shape index (κ1) is 18.0. The molecule has 0 N–H and O–H groups in total. The predicted molar refractivity (Wildman–Crippen MR) is 97.7 cm³/mol. The van der Waals surface area contributed by atoms with Gasteiger partial charge in [-0.25, -0.2) is 0 Å². The molecule has 144 valence electrons. The van der Waals surface area contributed by atoms with Crippen molar-refractivity contribution in [3.8, 4) is 0 Å². The van der Waals surface area contributed by atoms with E-state index in [1.165, 1.54) is 19.3 Å². The number of aromatic nitrogens is 1. The fourth-order valence-electron chi connectivity index (χ4n) is 4.83. The molecule has 3 fully saturated rings. The molecule has 1 amide bonds. The minimum absolute atomic E-state index is 0.167. The van der Waals surface area contributed by atoms with E-state index in [2.05, 4.69) is 10.1 Å². The number of rotatable bonds is 4. The van der Waals surface area contributed by atoms with Gasteiger partial charge in [-0.1, -0.05) is 5.16 Å². The van der Waals surface area contributed by atoms with Crippen molar-refractivity contribution in [3.05, 3.63) is 17.0 Å². The van der Waals surface area contributed by atoms with Gasteiger partial charge >= 0.3 is 0 Å². The van der Waals surface area contributed by atoms with Gasteiger partial charge in [-0.3, -0.25) is 4.79 Å². The van der Waals surface area contributed by atoms with E-state index in [9.17, 15) is 4.79 Å². The summed E-state index contributed by atoms with van der Waals surface area (Å²) in [6, 6.07) is 0. The number of amides is 1. The van der Waals surface area contributed by atoms with E-state index in [-0.39, 0.29) is 11.3 Å². The van der Waals surface area contributed by atoms with Crippen molar-refractivity contribution in [1.82, 2.24) is 15.0 Å². The zero-order chi connectivity index (χ0) is 18.1. The first-order chi connectivity index (χ1) is 12.5. The lowest BCUT2D eigenvalue weighted by atomic mass is 9.77. The molecule has 0 unspecified atom stereocenters. The summed E-state index contributed by atoms with van der Waals surface area (Å²) in [4.78, 5) is 17.2. The number of hydrogen-bond donors (Lipinski definition) is 0. The molecule has 0 aromatic carbocycles. The maximum Gasteiger partial charge on any atom is 0.223 e. The van der Waals surface area contributed by atoms with Crippen molar-refractivity contribution in [2.45, 2.75) is 65.0 Å². The molecule has 6 nitrogen and oxygen atoms in total. The van der Waals surface area contributed by atoms with Crippen molar-refractivity contribution in [1.29, 1.82) is 0 Å². The number of piperidine rings is 1. The Morgan fingerprint density at radius 2 is 2.04 bits per heavy atom. The quantitative estimate of drug-likeness (QED) is 0.825. The average molecular weight is 361 g/mol. The van der Waals surface area contributed by atoms with Crippen LogP contribution in [0.2, 0.25) is 0 Å². The molecule has 1 spiro atoms. The minimum atomic E-state index is 0.167. The fraction of sp³-hybridized carbons (Fsp3) is 0.800. The smallest absolute Gasteiger partial charge is 0.223 e. The zero-order valence-electron chi connectivity index (χ0n) is 16.1. The number of hydrogen-bond acceptors (Lipinski definition) is 5. The van der Waals surface area contributed by atoms with Crippen LogP contribution in [0.4, 0.5) is 0 Å². The lowest BCUT2D eigenvalue weighted by Gasteiger charge is -2.40. The predicted octanol–water partition coefficient (Wildman–Crippen LogP) is 2.68. The van der Waals surface area contributed by atoms with Crippen LogP contribution < -0.4 is 0 Å². The minimum Gasteiger partial charge on any atom is -0.377 e. The fourth-order valence-corrected chi connectivity index (χ4v) is 4.83. The van der Waals surface area contributed by atoms with Crippen LogP contribution in [-0.4, -0.2) is 59.8 Å². The third kappa shape index (κ3) is 3.67. The summed E-state index contributed by atoms with van der Waals surface area (Å²) in [6.07, 6.45) is 7.05. The molecule has 4 rings (SSSR count). The molecule has 6 heteroatoms. The highest BCUT2D eigenvalue weighted by atomic mass is 16.5. The van der Waals surface area contributed by atoms with E-state index in [1.54, 1.807) is 0 Å². The molecular formula is C20H31N3O3. The summed E-state index contributed by atoms with van der Waals surface area (Å²) in [5.41, 5.74) is 2.14. The summed E-state index contributed by atoms with van der Waals surface area (Å²) >= 11 is 0. The van der Waals surface area contributed by atoms with Crippen molar-refractivity contribution >= 4 is 5.91 Å². The Labute approximate surface area is 155 Å². The number of carbonyl (C=O) groups is 1. The standard InChI is InChI=1S/C20H31N3O3/c1-15-18(16(2)26-21-15)13-23-14-20(11-19(23)24)6-8-22(9-7-20)12-17-5-3-4-10-25-17/h17H,3-14H2,1-2H3/t17-/m0/s1. The normalized spacial score (nSPS) is 26.8. The maximum absolute atomic E-state index is 12.6. The first-order valence-electron chi connectivity index (χ1n) is 10.1. The second kappa shape index (κ2) is 7.31. The number of nitrogens with zero attached hydrogens (tertiary/aromatic N) is 3. The van der Waals surface area contributed by atoms with Gasteiger partial charge in [0.1, 0.15) is 5.76 Å². The second-order valence-corrected chi connectivity index (χ2v) is 8.52. The van der Waals surface area contributed by atoms with E-state index in [1.807, 2.05) is 18.7 Å². The average Bonchev–Trinajstić information content (AvgIpc) is 3.12. The van der Waals surface area contributed by atoms with Crippen molar-refractivity contribution in [2.75, 3.05) is 32.8 Å². The molecule has 0 radical (unpaired) electrons. The summed E-state index contributed by atoms with van der Waals surface area (Å²) in [7, 11) is 0. The summed E-state index contributed by atoms with van der Waals surface area (Å²) in [5.74, 6) is 1.12. The van der Waals surface area contributed by atoms with E-state index in [0.29, 0.717) is 19.1 Å². The molecule has 0 bridgehead atoms. The number of ether oxygens (including phenoxy) is 1. The molecule has 4 heterocycles. The third-order valence-corrected chi connectivity index (χ3v) is 6.59. The highest BCUT2D eigenvalue weighted by molar-refractivity contribution is 5.79. The van der Waals surface area contributed by atoms with Gasteiger partial charge in [0.15, 0.2) is 0 Å². The molecule has 3 aliphatic rings. The van der Waals surface area contributed by atoms with Crippen LogP contribution >= 0.6 is 0 Å². The van der Waals surface area contributed by atoms with Crippen LogP contribution in [0.25, 0.3) is 0 Å². The van der Waals surface area contributed by atoms with Gasteiger partial charge < -0.3 is 19.1 Å². The summed E-state index contributed by atoms with van der Waals surface area (Å²) in [5, 5.41) is 4.02. The second-order valence-electron chi connectivity index (χ2n) is 8.52. The van der Waals surface area contributed by atoms with Crippen LogP contribution in [0, 0.1) is 19.3 Å². The molecule has 1 atom stereocenters. The lowest BCUT2D eigenvalue weighted by Crippen LogP contribution is -2.45. The van der Waals surface area contributed by atoms with E-state index in [0.717, 1.165) is 62.6 Å². The Kier molecular flexibility index (Phi) is 5.06. The van der Waals surface area contributed by atoms with Gasteiger partial charge in [0.2, 0.25) is 5.91 Å². The van der Waals surface area contributed by atoms with Crippen molar-refractivity contribution in [3.63, 3.8) is 0 Å². The Morgan fingerprint density at radius 1 is 1.23 bits per heavy atom. The Hall–Kier alpha value is -1.40. The van der Waals surface area contributed by atoms with E-state index < -0.39 is 0 Å². The van der Waals surface area contributed by atoms with Gasteiger partial charge in [0.05, 0.1) is 18.3 Å². The van der Waals surface area contributed by atoms with Crippen LogP contribution in [0.3, 0.4) is 0 Å². The Morgan fingerprint density at radius 3 is 2.69 bits per heavy atom. The molecule has 0 aliphatic carbocycles. The monoisotopic (exact) mass is 361 g/mol. The van der Waals surface area contributed by atoms with Gasteiger partial charge in [-0.05, 0) is 64.5 Å². The van der Waals surface area contributed by atoms with Gasteiger partial charge in [0.25, 0.3) is 0 Å². The molecule has 3 aliphatic heterocycles. The molecule has 26 heavy (non-hydrogen) atoms. The van der Waals surface area contributed by atoms with Gasteiger partial charge in [-0.2, -0.15) is 0 Å². The summed E-state index contributed by atoms with van der Waals surface area (Å²) in [6.45, 7) is 9.56. The third-order valence-electron chi connectivity index (χ3n) is 6.59. The van der Waals surface area contributed by atoms with Crippen LogP contribution in [0.15, 0.2) is 4.52 Å². The van der Waals surface area contributed by atoms with Crippen molar-refractivity contribution < 1.29 is 14.1 Å². The van der Waals surface area contributed by atoms with Gasteiger partial charge in [-0.15, -0.1) is 0 Å². The van der Waals surface area contributed by atoms with Crippen LogP contribution in [0.5, 0.6) is 0 Å². The maximum atomic E-state index is 12.6. The van der Waals surface area contributed by atoms with E-state index in [4.69, 9.17) is 9.26 Å². The van der Waals surface area contributed by atoms with Gasteiger partial charge in [0, 0.05) is 31.7 Å².